The highest BCUT2D eigenvalue weighted by Crippen LogP contribution is 2.36. The number of nitrogen functional groups attached to an aromatic ring is 1. The van der Waals surface area contributed by atoms with E-state index in [9.17, 15) is 35.5 Å². The zero-order valence-corrected chi connectivity index (χ0v) is 21.3. The Morgan fingerprint density at radius 3 is 2.52 bits per heavy atom. The van der Waals surface area contributed by atoms with Crippen LogP contribution in [0.25, 0.3) is 5.82 Å². The van der Waals surface area contributed by atoms with Gasteiger partial charge in [0.2, 0.25) is 0 Å². The van der Waals surface area contributed by atoms with E-state index < -0.39 is 53.3 Å². The number of halogens is 7. The molecule has 4 aromatic rings. The van der Waals surface area contributed by atoms with E-state index in [0.717, 1.165) is 30.5 Å². The molecule has 0 radical (unpaired) electrons. The number of nitrogens with two attached hydrogens (primary N) is 1. The van der Waals surface area contributed by atoms with Crippen LogP contribution in [0.4, 0.5) is 42.2 Å². The third-order valence-electron chi connectivity index (χ3n) is 6.31. The van der Waals surface area contributed by atoms with Gasteiger partial charge in [-0.2, -0.15) is 18.3 Å². The molecule has 3 aromatic heterocycles. The highest BCUT2D eigenvalue weighted by atomic mass is 19.4. The SMILES string of the molecule is Nc1nccc(Oc2ccc(NC(=O)c3cnn(-c4ncccc4F)c3C(F)(F)F)cc2F)c1CN1CCC(F)(F)C1. The summed E-state index contributed by atoms with van der Waals surface area (Å²) in [5.74, 6) is -7.33. The second-order valence-electron chi connectivity index (χ2n) is 9.32. The number of benzene rings is 1. The van der Waals surface area contributed by atoms with Crippen molar-refractivity contribution in [3.63, 3.8) is 0 Å². The number of carbonyl (C=O) groups excluding carboxylic acids is 1. The van der Waals surface area contributed by atoms with E-state index in [1.165, 1.54) is 23.2 Å². The standard InChI is InChI=1S/C26H20F7N7O2/c27-17-2-1-7-36-23(17)40-21(26(31,32)33)15(11-37-40)24(41)38-14-3-4-20(18(28)10-14)42-19-5-8-35-22(34)16(19)12-39-9-6-25(29,30)13-39/h1-5,7-8,10-11H,6,9,12-13H2,(H2,34,35)(H,38,41). The number of likely N-dealkylation sites (tertiary alicyclic amines) is 1. The lowest BCUT2D eigenvalue weighted by atomic mass is 10.2. The van der Waals surface area contributed by atoms with Gasteiger partial charge < -0.3 is 15.8 Å². The molecule has 0 unspecified atom stereocenters. The summed E-state index contributed by atoms with van der Waals surface area (Å²) < 4.78 is 104. The van der Waals surface area contributed by atoms with Crippen molar-refractivity contribution in [3.05, 3.63) is 83.4 Å². The number of anilines is 2. The second-order valence-corrected chi connectivity index (χ2v) is 9.32. The summed E-state index contributed by atoms with van der Waals surface area (Å²) in [7, 11) is 0. The van der Waals surface area contributed by atoms with Crippen molar-refractivity contribution in [3.8, 4) is 17.3 Å². The Labute approximate surface area is 232 Å². The average Bonchev–Trinajstić information content (AvgIpc) is 3.51. The van der Waals surface area contributed by atoms with E-state index in [0.29, 0.717) is 6.20 Å². The van der Waals surface area contributed by atoms with Crippen LogP contribution in [0.1, 0.15) is 28.0 Å². The molecule has 3 N–H and O–H groups in total. The van der Waals surface area contributed by atoms with Gasteiger partial charge >= 0.3 is 6.18 Å². The highest BCUT2D eigenvalue weighted by Gasteiger charge is 2.41. The Morgan fingerprint density at radius 2 is 1.86 bits per heavy atom. The number of ether oxygens (including phenoxy) is 1. The fraction of sp³-hybridized carbons (Fsp3) is 0.231. The molecule has 1 aliphatic rings. The third kappa shape index (κ3) is 5.97. The second kappa shape index (κ2) is 10.9. The molecule has 0 atom stereocenters. The van der Waals surface area contributed by atoms with Crippen molar-refractivity contribution in [2.45, 2.75) is 25.1 Å². The van der Waals surface area contributed by atoms with Crippen LogP contribution in [-0.2, 0) is 12.7 Å². The molecule has 1 aromatic carbocycles. The maximum absolute atomic E-state index is 15.0. The van der Waals surface area contributed by atoms with Crippen molar-refractivity contribution in [1.29, 1.82) is 0 Å². The molecule has 4 heterocycles. The van der Waals surface area contributed by atoms with Gasteiger partial charge in [-0.25, -0.2) is 32.2 Å². The Bertz CT molecular complexity index is 1640. The van der Waals surface area contributed by atoms with Crippen LogP contribution < -0.4 is 15.8 Å². The zero-order valence-electron chi connectivity index (χ0n) is 21.3. The molecular formula is C26H20F7N7O2. The Balaban J connectivity index is 1.36. The number of nitrogens with zero attached hydrogens (tertiary/aromatic N) is 5. The summed E-state index contributed by atoms with van der Waals surface area (Å²) >= 11 is 0. The number of amides is 1. The fourth-order valence-corrected chi connectivity index (χ4v) is 4.37. The Hall–Kier alpha value is -4.73. The number of alkyl halides is 5. The molecule has 0 bridgehead atoms. The van der Waals surface area contributed by atoms with Crippen LogP contribution in [0.2, 0.25) is 0 Å². The van der Waals surface area contributed by atoms with Crippen molar-refractivity contribution in [2.75, 3.05) is 24.1 Å². The molecule has 42 heavy (non-hydrogen) atoms. The zero-order chi connectivity index (χ0) is 30.2. The summed E-state index contributed by atoms with van der Waals surface area (Å²) in [4.78, 5) is 21.7. The summed E-state index contributed by atoms with van der Waals surface area (Å²) in [5, 5.41) is 5.64. The molecular weight excluding hydrogens is 575 g/mol. The van der Waals surface area contributed by atoms with Crippen LogP contribution in [-0.4, -0.2) is 49.6 Å². The van der Waals surface area contributed by atoms with E-state index in [1.54, 1.807) is 0 Å². The average molecular weight is 595 g/mol. The predicted molar refractivity (Wildman–Crippen MR) is 134 cm³/mol. The molecule has 1 aliphatic heterocycles. The first-order valence-electron chi connectivity index (χ1n) is 12.2. The van der Waals surface area contributed by atoms with Gasteiger partial charge in [-0.1, -0.05) is 0 Å². The number of pyridine rings is 2. The summed E-state index contributed by atoms with van der Waals surface area (Å²) in [6.07, 6.45) is -2.53. The molecule has 1 fully saturated rings. The van der Waals surface area contributed by atoms with Crippen LogP contribution in [0.15, 0.2) is 55.0 Å². The minimum absolute atomic E-state index is 0.00129. The topological polar surface area (TPSA) is 111 Å². The Kier molecular flexibility index (Phi) is 7.49. The maximum Gasteiger partial charge on any atom is 0.434 e. The number of aromatic nitrogens is 4. The lowest BCUT2D eigenvalue weighted by Gasteiger charge is -2.19. The summed E-state index contributed by atoms with van der Waals surface area (Å²) in [6, 6.07) is 6.49. The quantitative estimate of drug-likeness (QED) is 0.274. The summed E-state index contributed by atoms with van der Waals surface area (Å²) in [6.45, 7) is -0.414. The molecule has 1 saturated heterocycles. The Morgan fingerprint density at radius 1 is 1.07 bits per heavy atom. The normalized spacial score (nSPS) is 15.1. The first-order chi connectivity index (χ1) is 19.8. The van der Waals surface area contributed by atoms with Gasteiger partial charge in [0.05, 0.1) is 23.9 Å². The number of carbonyl (C=O) groups is 1. The van der Waals surface area contributed by atoms with E-state index >= 15 is 0 Å². The van der Waals surface area contributed by atoms with Gasteiger partial charge in [-0.15, -0.1) is 0 Å². The third-order valence-corrected chi connectivity index (χ3v) is 6.31. The first kappa shape index (κ1) is 28.8. The number of rotatable bonds is 7. The minimum atomic E-state index is -5.13. The van der Waals surface area contributed by atoms with Gasteiger partial charge in [-0.3, -0.25) is 9.69 Å². The molecule has 0 saturated carbocycles. The lowest BCUT2D eigenvalue weighted by molar-refractivity contribution is -0.143. The van der Waals surface area contributed by atoms with Gasteiger partial charge in [-0.05, 0) is 30.3 Å². The van der Waals surface area contributed by atoms with E-state index in [4.69, 9.17) is 10.5 Å². The van der Waals surface area contributed by atoms with Gasteiger partial charge in [0.25, 0.3) is 11.8 Å². The largest absolute Gasteiger partial charge is 0.454 e. The minimum Gasteiger partial charge on any atom is -0.454 e. The predicted octanol–water partition coefficient (Wildman–Crippen LogP) is 5.43. The number of hydrogen-bond acceptors (Lipinski definition) is 7. The summed E-state index contributed by atoms with van der Waals surface area (Å²) in [5.41, 5.74) is 3.40. The van der Waals surface area contributed by atoms with Crippen LogP contribution in [0.5, 0.6) is 11.5 Å². The van der Waals surface area contributed by atoms with Crippen molar-refractivity contribution in [2.24, 2.45) is 0 Å². The molecule has 1 amide bonds. The first-order valence-corrected chi connectivity index (χ1v) is 12.2. The van der Waals surface area contributed by atoms with Crippen LogP contribution in [0, 0.1) is 11.6 Å². The van der Waals surface area contributed by atoms with Crippen molar-refractivity contribution < 1.29 is 40.3 Å². The number of hydrogen-bond donors (Lipinski definition) is 2. The molecule has 5 rings (SSSR count). The van der Waals surface area contributed by atoms with Gasteiger partial charge in [0, 0.05) is 43.7 Å². The van der Waals surface area contributed by atoms with Crippen molar-refractivity contribution in [1.82, 2.24) is 24.6 Å². The van der Waals surface area contributed by atoms with E-state index in [1.807, 2.05) is 0 Å². The fourth-order valence-electron chi connectivity index (χ4n) is 4.37. The van der Waals surface area contributed by atoms with E-state index in [2.05, 4.69) is 20.4 Å². The van der Waals surface area contributed by atoms with Gasteiger partial charge in [0.1, 0.15) is 11.6 Å². The molecule has 16 heteroatoms. The molecule has 220 valence electrons. The smallest absolute Gasteiger partial charge is 0.434 e. The maximum atomic E-state index is 15.0. The lowest BCUT2D eigenvalue weighted by Crippen LogP contribution is -2.25. The molecule has 0 spiro atoms. The van der Waals surface area contributed by atoms with Gasteiger partial charge in [0.15, 0.2) is 28.9 Å². The highest BCUT2D eigenvalue weighted by molar-refractivity contribution is 6.05. The number of nitrogens with one attached hydrogen (secondary N) is 1. The van der Waals surface area contributed by atoms with E-state index in [-0.39, 0.29) is 52.8 Å². The molecule has 9 nitrogen and oxygen atoms in total. The molecule has 0 aliphatic carbocycles. The van der Waals surface area contributed by atoms with Crippen molar-refractivity contribution >= 4 is 17.4 Å². The van der Waals surface area contributed by atoms with Crippen LogP contribution >= 0.6 is 0 Å². The van der Waals surface area contributed by atoms with Crippen LogP contribution in [0.3, 0.4) is 0 Å². The monoisotopic (exact) mass is 595 g/mol.